The zero-order chi connectivity index (χ0) is 27.1. The van der Waals surface area contributed by atoms with Crippen molar-refractivity contribution in [1.82, 2.24) is 10.2 Å². The van der Waals surface area contributed by atoms with Crippen molar-refractivity contribution >= 4 is 49.5 Å². The largest absolute Gasteiger partial charge is 0.516 e. The quantitative estimate of drug-likeness (QED) is 0.361. The number of fused-ring (bicyclic) bond motifs is 1. The highest BCUT2D eigenvalue weighted by molar-refractivity contribution is 7.93. The number of carbonyl (C=O) groups is 1. The number of halogens is 3. The highest BCUT2D eigenvalue weighted by Crippen LogP contribution is 2.41. The van der Waals surface area contributed by atoms with Crippen molar-refractivity contribution in [1.29, 1.82) is 0 Å². The van der Waals surface area contributed by atoms with E-state index in [2.05, 4.69) is 20.4 Å². The molecule has 0 aliphatic carbocycles. The molecule has 0 bridgehead atoms. The van der Waals surface area contributed by atoms with E-state index >= 15 is 0 Å². The van der Waals surface area contributed by atoms with E-state index in [0.717, 1.165) is 23.3 Å². The van der Waals surface area contributed by atoms with Gasteiger partial charge in [0.05, 0.1) is 5.69 Å². The van der Waals surface area contributed by atoms with Gasteiger partial charge in [0.2, 0.25) is 5.01 Å². The molecule has 1 aliphatic heterocycles. The lowest BCUT2D eigenvalue weighted by atomic mass is 9.94. The zero-order valence-electron chi connectivity index (χ0n) is 20.5. The third-order valence-corrected chi connectivity index (χ3v) is 7.00. The topological polar surface area (TPSA) is 126 Å². The fourth-order valence-electron chi connectivity index (χ4n) is 3.71. The van der Waals surface area contributed by atoms with Gasteiger partial charge in [-0.3, -0.25) is 4.72 Å². The van der Waals surface area contributed by atoms with Crippen LogP contribution in [0.2, 0.25) is 0 Å². The Bertz CT molecular complexity index is 1270. The summed E-state index contributed by atoms with van der Waals surface area (Å²) in [4.78, 5) is 14.2. The minimum Gasteiger partial charge on any atom is -0.455 e. The van der Waals surface area contributed by atoms with Gasteiger partial charge in [-0.2, -0.15) is 21.6 Å². The van der Waals surface area contributed by atoms with Gasteiger partial charge in [-0.25, -0.2) is 4.79 Å². The number of aromatic nitrogens is 2. The number of alkyl halides is 3. The third-order valence-electron chi connectivity index (χ3n) is 5.12. The van der Waals surface area contributed by atoms with Gasteiger partial charge in [-0.15, -0.1) is 20.4 Å². The van der Waals surface area contributed by atoms with Gasteiger partial charge >= 0.3 is 21.5 Å². The molecule has 1 unspecified atom stereocenters. The van der Waals surface area contributed by atoms with Crippen molar-refractivity contribution in [2.75, 3.05) is 9.62 Å². The Kier molecular flexibility index (Phi) is 7.65. The molecule has 3 rings (SSSR count). The summed E-state index contributed by atoms with van der Waals surface area (Å²) >= 11 is 0.773. The molecule has 1 N–H and O–H groups in total. The number of ether oxygens (including phenoxy) is 1. The molecule has 10 nitrogen and oxygen atoms in total. The van der Waals surface area contributed by atoms with Crippen LogP contribution in [0.25, 0.3) is 0 Å². The molecule has 15 heteroatoms. The molecular formula is C21H27F3N6O4S2. The van der Waals surface area contributed by atoms with E-state index in [4.69, 9.17) is 4.74 Å². The fourth-order valence-corrected chi connectivity index (χ4v) is 4.82. The Morgan fingerprint density at radius 3 is 2.47 bits per heavy atom. The normalized spacial score (nSPS) is 16.9. The predicted octanol–water partition coefficient (Wildman–Crippen LogP) is 5.72. The number of carbonyl (C=O) groups excluding carboxylic acids is 1. The fraction of sp³-hybridized carbons (Fsp3) is 0.571. The van der Waals surface area contributed by atoms with Crippen LogP contribution in [0.1, 0.15) is 63.3 Å². The summed E-state index contributed by atoms with van der Waals surface area (Å²) in [6, 6.07) is 2.97. The van der Waals surface area contributed by atoms with Crippen molar-refractivity contribution in [2.24, 2.45) is 10.2 Å². The first-order valence-corrected chi connectivity index (χ1v) is 13.3. The van der Waals surface area contributed by atoms with Crippen molar-refractivity contribution in [3.05, 3.63) is 22.7 Å². The van der Waals surface area contributed by atoms with Gasteiger partial charge in [0, 0.05) is 17.8 Å². The van der Waals surface area contributed by atoms with E-state index < -0.39 is 27.1 Å². The van der Waals surface area contributed by atoms with Crippen LogP contribution in [0, 0.1) is 0 Å². The first-order valence-electron chi connectivity index (χ1n) is 11.0. The smallest absolute Gasteiger partial charge is 0.455 e. The van der Waals surface area contributed by atoms with E-state index in [1.807, 2.05) is 25.7 Å². The summed E-state index contributed by atoms with van der Waals surface area (Å²) in [6.45, 7) is 10.9. The van der Waals surface area contributed by atoms with Crippen LogP contribution < -0.4 is 9.62 Å². The lowest BCUT2D eigenvalue weighted by molar-refractivity contribution is -0.0429. The Morgan fingerprint density at radius 2 is 1.89 bits per heavy atom. The number of azo groups is 1. The molecule has 1 aliphatic rings. The van der Waals surface area contributed by atoms with Crippen molar-refractivity contribution < 1.29 is 31.1 Å². The third kappa shape index (κ3) is 6.30. The number of aryl methyl sites for hydroxylation is 1. The van der Waals surface area contributed by atoms with E-state index in [9.17, 15) is 26.4 Å². The van der Waals surface area contributed by atoms with Crippen LogP contribution in [0.4, 0.5) is 35.4 Å². The number of benzene rings is 1. The van der Waals surface area contributed by atoms with Crippen LogP contribution in [-0.4, -0.2) is 47.8 Å². The standard InChI is InChI=1S/C21H27F3N6O4S2/c1-11(2)30-12(3)7-8-13-9-14(15(10-16(13)30)29-36(32,33)21(22,23)24)25-27-19-28-26-17(35-19)18(31)34-20(4,5)6/h9-12,29H,7-8H2,1-6H3. The first-order chi connectivity index (χ1) is 16.5. The molecule has 0 spiro atoms. The molecular weight excluding hydrogens is 521 g/mol. The van der Waals surface area contributed by atoms with E-state index in [1.54, 1.807) is 25.5 Å². The van der Waals surface area contributed by atoms with Gasteiger partial charge in [-0.1, -0.05) is 11.3 Å². The van der Waals surface area contributed by atoms with Crippen LogP contribution >= 0.6 is 11.3 Å². The SMILES string of the molecule is CC(C)N1c2cc(NS(=O)(=O)C(F)(F)F)c(N=Nc3nnc(C(=O)OC(C)(C)C)s3)cc2CCC1C. The first kappa shape index (κ1) is 27.8. The molecule has 0 radical (unpaired) electrons. The molecule has 2 aromatic rings. The number of nitrogens with one attached hydrogen (secondary N) is 1. The number of sulfonamides is 1. The maximum Gasteiger partial charge on any atom is 0.516 e. The van der Waals surface area contributed by atoms with Crippen molar-refractivity contribution in [3.63, 3.8) is 0 Å². The van der Waals surface area contributed by atoms with Crippen LogP contribution in [-0.2, 0) is 21.2 Å². The van der Waals surface area contributed by atoms with Gasteiger partial charge in [0.1, 0.15) is 11.3 Å². The Morgan fingerprint density at radius 1 is 1.22 bits per heavy atom. The van der Waals surface area contributed by atoms with Gasteiger partial charge in [-0.05, 0) is 72.1 Å². The molecule has 1 aromatic carbocycles. The van der Waals surface area contributed by atoms with E-state index in [-0.39, 0.29) is 33.6 Å². The lowest BCUT2D eigenvalue weighted by Gasteiger charge is -2.40. The molecule has 0 saturated heterocycles. The minimum absolute atomic E-state index is 0.0197. The van der Waals surface area contributed by atoms with Gasteiger partial charge in [0.15, 0.2) is 0 Å². The number of anilines is 2. The van der Waals surface area contributed by atoms with Crippen molar-refractivity contribution in [2.45, 2.75) is 77.6 Å². The van der Waals surface area contributed by atoms with Gasteiger partial charge < -0.3 is 9.64 Å². The number of rotatable bonds is 6. The second-order valence-electron chi connectivity index (χ2n) is 9.53. The second-order valence-corrected chi connectivity index (χ2v) is 12.2. The minimum atomic E-state index is -5.72. The van der Waals surface area contributed by atoms with E-state index in [1.165, 1.54) is 12.1 Å². The summed E-state index contributed by atoms with van der Waals surface area (Å²) in [6.07, 6.45) is 1.42. The molecule has 0 fully saturated rings. The van der Waals surface area contributed by atoms with Crippen LogP contribution in [0.5, 0.6) is 0 Å². The molecule has 198 valence electrons. The number of nitrogens with zero attached hydrogens (tertiary/aromatic N) is 5. The molecule has 0 amide bonds. The number of hydrogen-bond donors (Lipinski definition) is 1. The molecule has 1 aromatic heterocycles. The molecule has 36 heavy (non-hydrogen) atoms. The Labute approximate surface area is 211 Å². The van der Waals surface area contributed by atoms with Gasteiger partial charge in [0.25, 0.3) is 5.13 Å². The number of hydrogen-bond acceptors (Lipinski definition) is 10. The highest BCUT2D eigenvalue weighted by atomic mass is 32.2. The summed E-state index contributed by atoms with van der Waals surface area (Å²) in [7, 11) is -5.72. The van der Waals surface area contributed by atoms with Crippen LogP contribution in [0.15, 0.2) is 22.4 Å². The Hall–Kier alpha value is -2.81. The summed E-state index contributed by atoms with van der Waals surface area (Å²) in [5.74, 6) is -0.711. The lowest BCUT2D eigenvalue weighted by Crippen LogP contribution is -2.42. The van der Waals surface area contributed by atoms with Crippen molar-refractivity contribution in [3.8, 4) is 0 Å². The highest BCUT2D eigenvalue weighted by Gasteiger charge is 2.46. The monoisotopic (exact) mass is 548 g/mol. The second kappa shape index (κ2) is 9.92. The zero-order valence-corrected chi connectivity index (χ0v) is 22.2. The van der Waals surface area contributed by atoms with E-state index in [0.29, 0.717) is 12.1 Å². The molecule has 1 atom stereocenters. The molecule has 0 saturated carbocycles. The Balaban J connectivity index is 2.02. The maximum atomic E-state index is 13.1. The molecule has 2 heterocycles. The summed E-state index contributed by atoms with van der Waals surface area (Å²) in [5.41, 5.74) is -5.38. The summed E-state index contributed by atoms with van der Waals surface area (Å²) in [5, 5.41) is 15.1. The average molecular weight is 549 g/mol. The predicted molar refractivity (Wildman–Crippen MR) is 130 cm³/mol. The van der Waals surface area contributed by atoms with Crippen LogP contribution in [0.3, 0.4) is 0 Å². The average Bonchev–Trinajstić information content (AvgIpc) is 3.19. The summed E-state index contributed by atoms with van der Waals surface area (Å²) < 4.78 is 70.0. The number of esters is 1. The maximum absolute atomic E-state index is 13.1.